The lowest BCUT2D eigenvalue weighted by molar-refractivity contribution is -0.147. The molecule has 39 heavy (non-hydrogen) atoms. The number of furan rings is 1. The van der Waals surface area contributed by atoms with E-state index in [1.165, 1.54) is 24.3 Å². The molecule has 1 atom stereocenters. The monoisotopic (exact) mass is 536 g/mol. The third-order valence-electron chi connectivity index (χ3n) is 5.64. The van der Waals surface area contributed by atoms with Gasteiger partial charge in [-0.2, -0.15) is 0 Å². The number of carboxylic acid groups (broad SMARTS) is 2. The van der Waals surface area contributed by atoms with Crippen molar-refractivity contribution in [2.75, 3.05) is 0 Å². The lowest BCUT2D eigenvalue weighted by Gasteiger charge is -2.15. The molecule has 0 amide bonds. The minimum Gasteiger partial charge on any atom is -0.504 e. The number of carboxylic acids is 2. The summed E-state index contributed by atoms with van der Waals surface area (Å²) in [5.74, 6) is -6.68. The summed E-state index contributed by atoms with van der Waals surface area (Å²) in [5.41, 5.74) is -0.120. The molecule has 12 nitrogen and oxygen atoms in total. The van der Waals surface area contributed by atoms with Crippen molar-refractivity contribution in [3.05, 3.63) is 71.3 Å². The van der Waals surface area contributed by atoms with Gasteiger partial charge in [-0.1, -0.05) is 6.07 Å². The third kappa shape index (κ3) is 5.54. The highest BCUT2D eigenvalue weighted by Crippen LogP contribution is 2.41. The van der Waals surface area contributed by atoms with Crippen molar-refractivity contribution >= 4 is 35.0 Å². The maximum atomic E-state index is 13.4. The summed E-state index contributed by atoms with van der Waals surface area (Å²) in [6, 6.07) is 9.54. The first-order valence-electron chi connectivity index (χ1n) is 11.1. The zero-order chi connectivity index (χ0) is 28.4. The Morgan fingerprint density at radius 1 is 0.821 bits per heavy atom. The van der Waals surface area contributed by atoms with Crippen LogP contribution < -0.4 is 0 Å². The first kappa shape index (κ1) is 26.4. The molecule has 0 saturated carbocycles. The number of aliphatic carboxylic acids is 2. The van der Waals surface area contributed by atoms with Gasteiger partial charge in [0.25, 0.3) is 0 Å². The Morgan fingerprint density at radius 3 is 2.10 bits per heavy atom. The number of hydrogen-bond acceptors (Lipinski definition) is 10. The van der Waals surface area contributed by atoms with Crippen molar-refractivity contribution in [3.8, 4) is 40.1 Å². The van der Waals surface area contributed by atoms with E-state index in [0.717, 1.165) is 36.4 Å². The van der Waals surface area contributed by atoms with Crippen LogP contribution in [0.15, 0.2) is 59.0 Å². The topological polar surface area (TPSA) is 215 Å². The fourth-order valence-electron chi connectivity index (χ4n) is 3.82. The van der Waals surface area contributed by atoms with Gasteiger partial charge >= 0.3 is 17.9 Å². The molecule has 0 spiro atoms. The number of aromatic hydroxyl groups is 5. The second-order valence-corrected chi connectivity index (χ2v) is 8.36. The molecule has 0 aliphatic carbocycles. The highest BCUT2D eigenvalue weighted by molar-refractivity contribution is 6.11. The minimum atomic E-state index is -1.77. The molecule has 0 fully saturated rings. The van der Waals surface area contributed by atoms with Gasteiger partial charge in [0.15, 0.2) is 34.3 Å². The molecule has 4 rings (SSSR count). The number of carbonyl (C=O) groups is 3. The van der Waals surface area contributed by atoms with Crippen molar-refractivity contribution in [1.29, 1.82) is 0 Å². The number of benzene rings is 3. The molecule has 7 N–H and O–H groups in total. The van der Waals surface area contributed by atoms with E-state index in [0.29, 0.717) is 0 Å². The molecule has 12 heteroatoms. The molecule has 0 radical (unpaired) electrons. The SMILES string of the molecule is O=C(O)/C=C/c1cc(O)c2oc(-c3ccc(O)c(O)c3)c(C(=O)OC(Cc3ccc(O)c(O)c3)C(=O)O)c2c1. The van der Waals surface area contributed by atoms with Gasteiger partial charge in [0.1, 0.15) is 11.3 Å². The maximum Gasteiger partial charge on any atom is 0.345 e. The Labute approximate surface area is 218 Å². The van der Waals surface area contributed by atoms with Crippen molar-refractivity contribution in [3.63, 3.8) is 0 Å². The van der Waals surface area contributed by atoms with Crippen molar-refractivity contribution in [2.24, 2.45) is 0 Å². The summed E-state index contributed by atoms with van der Waals surface area (Å²) in [6.45, 7) is 0. The predicted molar refractivity (Wildman–Crippen MR) is 134 cm³/mol. The zero-order valence-corrected chi connectivity index (χ0v) is 19.7. The lowest BCUT2D eigenvalue weighted by atomic mass is 10.0. The molecule has 4 aromatic rings. The van der Waals surface area contributed by atoms with E-state index in [9.17, 15) is 45.0 Å². The number of hydrogen-bond donors (Lipinski definition) is 7. The van der Waals surface area contributed by atoms with Gasteiger partial charge in [-0.3, -0.25) is 0 Å². The van der Waals surface area contributed by atoms with Crippen LogP contribution in [0, 0.1) is 0 Å². The van der Waals surface area contributed by atoms with Gasteiger partial charge < -0.3 is 44.9 Å². The van der Waals surface area contributed by atoms with Crippen LogP contribution in [0.3, 0.4) is 0 Å². The first-order chi connectivity index (χ1) is 18.4. The van der Waals surface area contributed by atoms with Crippen LogP contribution in [0.4, 0.5) is 0 Å². The second kappa shape index (κ2) is 10.4. The Morgan fingerprint density at radius 2 is 1.49 bits per heavy atom. The number of fused-ring (bicyclic) bond motifs is 1. The largest absolute Gasteiger partial charge is 0.504 e. The number of esters is 1. The van der Waals surface area contributed by atoms with Gasteiger partial charge in [-0.05, 0) is 59.7 Å². The molecular formula is C27H20O12. The number of ether oxygens (including phenoxy) is 1. The van der Waals surface area contributed by atoms with Crippen LogP contribution in [-0.2, 0) is 20.7 Å². The zero-order valence-electron chi connectivity index (χ0n) is 19.7. The highest BCUT2D eigenvalue weighted by atomic mass is 16.6. The molecule has 0 aliphatic rings. The number of rotatable bonds is 8. The van der Waals surface area contributed by atoms with Crippen LogP contribution in [0.25, 0.3) is 28.4 Å². The summed E-state index contributed by atoms with van der Waals surface area (Å²) >= 11 is 0. The first-order valence-corrected chi connectivity index (χ1v) is 11.1. The molecule has 1 heterocycles. The molecule has 0 bridgehead atoms. The molecular weight excluding hydrogens is 516 g/mol. The Kier molecular flexibility index (Phi) is 7.03. The average molecular weight is 536 g/mol. The normalized spacial score (nSPS) is 12.0. The van der Waals surface area contributed by atoms with E-state index < -0.39 is 59.2 Å². The number of phenols is 5. The van der Waals surface area contributed by atoms with Crippen LogP contribution in [-0.4, -0.2) is 59.8 Å². The van der Waals surface area contributed by atoms with E-state index in [4.69, 9.17) is 14.3 Å². The summed E-state index contributed by atoms with van der Waals surface area (Å²) in [7, 11) is 0. The second-order valence-electron chi connectivity index (χ2n) is 8.36. The van der Waals surface area contributed by atoms with E-state index in [2.05, 4.69) is 0 Å². The predicted octanol–water partition coefficient (Wildman–Crippen LogP) is 3.58. The van der Waals surface area contributed by atoms with Crippen LogP contribution in [0.2, 0.25) is 0 Å². The highest BCUT2D eigenvalue weighted by Gasteiger charge is 2.30. The summed E-state index contributed by atoms with van der Waals surface area (Å²) < 4.78 is 11.0. The molecule has 200 valence electrons. The quantitative estimate of drug-likeness (QED) is 0.0977. The van der Waals surface area contributed by atoms with Crippen LogP contribution in [0.1, 0.15) is 21.5 Å². The smallest absolute Gasteiger partial charge is 0.345 e. The minimum absolute atomic E-state index is 0.0565. The van der Waals surface area contributed by atoms with E-state index in [1.54, 1.807) is 0 Å². The Balaban J connectivity index is 1.83. The Hall–Kier alpha value is -5.65. The van der Waals surface area contributed by atoms with Crippen LogP contribution in [0.5, 0.6) is 28.7 Å². The molecule has 0 aliphatic heterocycles. The summed E-state index contributed by atoms with van der Waals surface area (Å²) in [6.07, 6.45) is -0.216. The standard InChI is InChI=1S/C27H20O12/c28-16-4-1-13(8-18(16)30)10-21(26(35)36)38-27(37)23-15-7-12(2-6-22(33)34)9-20(32)25(15)39-24(23)14-3-5-17(29)19(31)11-14/h1-9,11,21,28-32H,10H2,(H,33,34)(H,35,36)/b6-2+. The van der Waals surface area contributed by atoms with Gasteiger partial charge in [0, 0.05) is 23.4 Å². The molecule has 1 aromatic heterocycles. The number of carbonyl (C=O) groups excluding carboxylic acids is 1. The fraction of sp³-hybridized carbons (Fsp3) is 0.0741. The fourth-order valence-corrected chi connectivity index (χ4v) is 3.82. The Bertz CT molecular complexity index is 1650. The van der Waals surface area contributed by atoms with Crippen molar-refractivity contribution in [2.45, 2.75) is 12.5 Å². The molecule has 1 unspecified atom stereocenters. The lowest BCUT2D eigenvalue weighted by Crippen LogP contribution is -2.29. The van der Waals surface area contributed by atoms with Crippen LogP contribution >= 0.6 is 0 Å². The molecule has 3 aromatic carbocycles. The molecule has 0 saturated heterocycles. The summed E-state index contributed by atoms with van der Waals surface area (Å²) in [5, 5.41) is 68.0. The van der Waals surface area contributed by atoms with Gasteiger partial charge in [0.05, 0.1) is 0 Å². The third-order valence-corrected chi connectivity index (χ3v) is 5.64. The van der Waals surface area contributed by atoms with E-state index in [-0.39, 0.29) is 39.0 Å². The van der Waals surface area contributed by atoms with E-state index in [1.807, 2.05) is 0 Å². The summed E-state index contributed by atoms with van der Waals surface area (Å²) in [4.78, 5) is 36.3. The van der Waals surface area contributed by atoms with Crippen molar-refractivity contribution < 1.29 is 59.3 Å². The van der Waals surface area contributed by atoms with E-state index >= 15 is 0 Å². The average Bonchev–Trinajstić information content (AvgIpc) is 3.26. The maximum absolute atomic E-state index is 13.4. The number of phenolic OH excluding ortho intramolecular Hbond substituents is 5. The van der Waals surface area contributed by atoms with Gasteiger partial charge in [-0.25, -0.2) is 14.4 Å². The van der Waals surface area contributed by atoms with Gasteiger partial charge in [0.2, 0.25) is 6.10 Å². The van der Waals surface area contributed by atoms with Gasteiger partial charge in [-0.15, -0.1) is 0 Å². The van der Waals surface area contributed by atoms with Crippen molar-refractivity contribution in [1.82, 2.24) is 0 Å².